The summed E-state index contributed by atoms with van der Waals surface area (Å²) in [5.41, 5.74) is 2.80. The van der Waals surface area contributed by atoms with E-state index in [4.69, 9.17) is 9.15 Å². The van der Waals surface area contributed by atoms with Gasteiger partial charge < -0.3 is 9.15 Å². The molecular formula is C23H19NO4. The van der Waals surface area contributed by atoms with E-state index in [1.165, 1.54) is 25.7 Å². The molecule has 1 aliphatic heterocycles. The quantitative estimate of drug-likeness (QED) is 0.498. The first-order chi connectivity index (χ1) is 13.7. The van der Waals surface area contributed by atoms with Gasteiger partial charge in [-0.25, -0.2) is 0 Å². The summed E-state index contributed by atoms with van der Waals surface area (Å²) >= 11 is 0. The Morgan fingerprint density at radius 3 is 2.46 bits per heavy atom. The predicted octanol–water partition coefficient (Wildman–Crippen LogP) is 4.30. The molecule has 0 saturated heterocycles. The van der Waals surface area contributed by atoms with Crippen LogP contribution in [0.3, 0.4) is 0 Å². The van der Waals surface area contributed by atoms with Gasteiger partial charge in [0.2, 0.25) is 5.78 Å². The van der Waals surface area contributed by atoms with Crippen molar-refractivity contribution in [3.63, 3.8) is 0 Å². The van der Waals surface area contributed by atoms with Crippen molar-refractivity contribution >= 4 is 22.5 Å². The van der Waals surface area contributed by atoms with E-state index >= 15 is 0 Å². The Bertz CT molecular complexity index is 1150. The standard InChI is InChI=1S/C23H19NO4/c25-20-14-7-3-4-8-15(14)21(26)23-19(20)16-9-10-18-17(22(16)28-23)11-24(12-27-18)13-5-1-2-6-13/h3-4,7-10,13H,1-2,5-6,11-12H2. The van der Waals surface area contributed by atoms with Crippen LogP contribution >= 0.6 is 0 Å². The fourth-order valence-electron chi connectivity index (χ4n) is 4.91. The summed E-state index contributed by atoms with van der Waals surface area (Å²) in [7, 11) is 0. The third kappa shape index (κ3) is 2.11. The van der Waals surface area contributed by atoms with E-state index < -0.39 is 0 Å². The van der Waals surface area contributed by atoms with E-state index in [9.17, 15) is 9.59 Å². The molecule has 3 aliphatic rings. The van der Waals surface area contributed by atoms with E-state index in [0.29, 0.717) is 40.4 Å². The predicted molar refractivity (Wildman–Crippen MR) is 103 cm³/mol. The van der Waals surface area contributed by atoms with Crippen LogP contribution in [0.1, 0.15) is 63.3 Å². The Labute approximate surface area is 161 Å². The average Bonchev–Trinajstić information content (AvgIpc) is 3.40. The Morgan fingerprint density at radius 1 is 0.929 bits per heavy atom. The highest BCUT2D eigenvalue weighted by atomic mass is 16.5. The third-order valence-electron chi connectivity index (χ3n) is 6.36. The zero-order chi connectivity index (χ0) is 18.8. The molecule has 2 heterocycles. The van der Waals surface area contributed by atoms with Gasteiger partial charge in [0.15, 0.2) is 11.5 Å². The van der Waals surface area contributed by atoms with Crippen molar-refractivity contribution in [1.29, 1.82) is 0 Å². The summed E-state index contributed by atoms with van der Waals surface area (Å²) in [5, 5.41) is 0.707. The first-order valence-electron chi connectivity index (χ1n) is 9.86. The van der Waals surface area contributed by atoms with E-state index in [-0.39, 0.29) is 17.3 Å². The van der Waals surface area contributed by atoms with Crippen LogP contribution in [0.4, 0.5) is 0 Å². The van der Waals surface area contributed by atoms with Crippen LogP contribution in [-0.2, 0) is 6.54 Å². The second kappa shape index (κ2) is 5.79. The fraction of sp³-hybridized carbons (Fsp3) is 0.304. The van der Waals surface area contributed by atoms with Crippen LogP contribution in [0.15, 0.2) is 40.8 Å². The van der Waals surface area contributed by atoms with Gasteiger partial charge in [0.25, 0.3) is 0 Å². The molecule has 5 heteroatoms. The molecule has 140 valence electrons. The molecule has 2 aromatic carbocycles. The second-order valence-corrected chi connectivity index (χ2v) is 7.89. The molecule has 0 amide bonds. The van der Waals surface area contributed by atoms with Gasteiger partial charge in [-0.05, 0) is 25.0 Å². The molecule has 5 nitrogen and oxygen atoms in total. The van der Waals surface area contributed by atoms with E-state index in [2.05, 4.69) is 4.90 Å². The molecule has 1 saturated carbocycles. The minimum absolute atomic E-state index is 0.145. The molecule has 0 atom stereocenters. The van der Waals surface area contributed by atoms with E-state index in [1.807, 2.05) is 12.1 Å². The molecule has 0 unspecified atom stereocenters. The minimum Gasteiger partial charge on any atom is -0.478 e. The third-order valence-corrected chi connectivity index (χ3v) is 6.36. The van der Waals surface area contributed by atoms with Gasteiger partial charge in [0.05, 0.1) is 11.1 Å². The van der Waals surface area contributed by atoms with Gasteiger partial charge in [-0.3, -0.25) is 14.5 Å². The first-order valence-corrected chi connectivity index (χ1v) is 9.86. The van der Waals surface area contributed by atoms with Gasteiger partial charge in [0.1, 0.15) is 18.1 Å². The van der Waals surface area contributed by atoms with Crippen LogP contribution in [-0.4, -0.2) is 29.2 Å². The lowest BCUT2D eigenvalue weighted by atomic mass is 9.87. The fourth-order valence-corrected chi connectivity index (χ4v) is 4.91. The van der Waals surface area contributed by atoms with Crippen LogP contribution in [0, 0.1) is 0 Å². The maximum Gasteiger partial charge on any atom is 0.229 e. The monoisotopic (exact) mass is 373 g/mol. The normalized spacial score (nSPS) is 19.4. The zero-order valence-electron chi connectivity index (χ0n) is 15.4. The Kier molecular flexibility index (Phi) is 3.32. The Balaban J connectivity index is 1.52. The smallest absolute Gasteiger partial charge is 0.229 e. The number of hydrogen-bond donors (Lipinski definition) is 0. The van der Waals surface area contributed by atoms with Gasteiger partial charge in [-0.2, -0.15) is 0 Å². The summed E-state index contributed by atoms with van der Waals surface area (Å²) in [5.74, 6) is 0.572. The lowest BCUT2D eigenvalue weighted by molar-refractivity contribution is 0.0581. The maximum absolute atomic E-state index is 13.1. The number of furan rings is 1. The SMILES string of the molecule is O=C1c2ccccc2C(=O)c2c1oc1c3c(ccc21)OCN(C1CCCC1)C3. The zero-order valence-corrected chi connectivity index (χ0v) is 15.4. The maximum atomic E-state index is 13.1. The Hall–Kier alpha value is -2.92. The van der Waals surface area contributed by atoms with Gasteiger partial charge in [-0.1, -0.05) is 37.1 Å². The summed E-state index contributed by atoms with van der Waals surface area (Å²) in [4.78, 5) is 28.4. The number of nitrogens with zero attached hydrogens (tertiary/aromatic N) is 1. The molecule has 0 spiro atoms. The van der Waals surface area contributed by atoms with Crippen molar-refractivity contribution in [3.05, 3.63) is 64.4 Å². The summed E-state index contributed by atoms with van der Waals surface area (Å²) in [6.07, 6.45) is 4.90. The number of hydrogen-bond acceptors (Lipinski definition) is 5. The lowest BCUT2D eigenvalue weighted by Crippen LogP contribution is -2.38. The van der Waals surface area contributed by atoms with Crippen LogP contribution in [0.5, 0.6) is 5.75 Å². The number of ketones is 2. The molecule has 1 aromatic heterocycles. The molecule has 0 N–H and O–H groups in total. The first kappa shape index (κ1) is 16.1. The van der Waals surface area contributed by atoms with E-state index in [1.54, 1.807) is 24.3 Å². The number of carbonyl (C=O) groups is 2. The molecule has 0 radical (unpaired) electrons. The average molecular weight is 373 g/mol. The molecule has 1 fully saturated rings. The summed E-state index contributed by atoms with van der Waals surface area (Å²) in [6.45, 7) is 1.30. The molecule has 2 aliphatic carbocycles. The van der Waals surface area contributed by atoms with Crippen molar-refractivity contribution in [2.24, 2.45) is 0 Å². The molecule has 6 rings (SSSR count). The lowest BCUT2D eigenvalue weighted by Gasteiger charge is -2.33. The molecular weight excluding hydrogens is 354 g/mol. The van der Waals surface area contributed by atoms with E-state index in [0.717, 1.165) is 17.9 Å². The highest BCUT2D eigenvalue weighted by Crippen LogP contribution is 2.41. The number of carbonyl (C=O) groups excluding carboxylic acids is 2. The molecule has 0 bridgehead atoms. The highest BCUT2D eigenvalue weighted by molar-refractivity contribution is 6.31. The van der Waals surface area contributed by atoms with Gasteiger partial charge >= 0.3 is 0 Å². The second-order valence-electron chi connectivity index (χ2n) is 7.89. The number of fused-ring (bicyclic) bond motifs is 6. The largest absolute Gasteiger partial charge is 0.478 e. The summed E-state index contributed by atoms with van der Waals surface area (Å²) in [6, 6.07) is 11.2. The van der Waals surface area contributed by atoms with Crippen molar-refractivity contribution in [1.82, 2.24) is 4.90 Å². The number of benzene rings is 2. The summed E-state index contributed by atoms with van der Waals surface area (Å²) < 4.78 is 12.1. The van der Waals surface area contributed by atoms with Crippen LogP contribution < -0.4 is 4.74 Å². The van der Waals surface area contributed by atoms with Crippen molar-refractivity contribution in [2.75, 3.05) is 6.73 Å². The molecule has 28 heavy (non-hydrogen) atoms. The number of rotatable bonds is 1. The molecule has 3 aromatic rings. The van der Waals surface area contributed by atoms with Gasteiger partial charge in [-0.15, -0.1) is 0 Å². The van der Waals surface area contributed by atoms with Crippen LogP contribution in [0.2, 0.25) is 0 Å². The Morgan fingerprint density at radius 2 is 1.68 bits per heavy atom. The minimum atomic E-state index is -0.223. The van der Waals surface area contributed by atoms with Gasteiger partial charge in [0, 0.05) is 29.1 Å². The van der Waals surface area contributed by atoms with Crippen molar-refractivity contribution < 1.29 is 18.7 Å². The highest BCUT2D eigenvalue weighted by Gasteiger charge is 2.37. The topological polar surface area (TPSA) is 59.8 Å². The van der Waals surface area contributed by atoms with Crippen LogP contribution in [0.25, 0.3) is 11.0 Å². The number of ether oxygens (including phenoxy) is 1. The van der Waals surface area contributed by atoms with Crippen molar-refractivity contribution in [3.8, 4) is 5.75 Å². The van der Waals surface area contributed by atoms with Crippen molar-refractivity contribution in [2.45, 2.75) is 38.3 Å².